The van der Waals surface area contributed by atoms with Crippen molar-refractivity contribution in [2.45, 2.75) is 13.5 Å². The molecule has 4 heteroatoms. The standard InChI is InChI=1S/C23H19ClN2O/c1-15-21(23(25)27)13-22(17-9-11-19(24)12-10-17)26(15)14-18-7-4-6-16-5-2-3-8-20(16)18/h2-13H,14H2,1H3,(H2,25,27). The van der Waals surface area contributed by atoms with E-state index in [4.69, 9.17) is 17.3 Å². The number of hydrogen-bond acceptors (Lipinski definition) is 1. The van der Waals surface area contributed by atoms with Gasteiger partial charge in [0, 0.05) is 23.0 Å². The molecule has 3 aromatic carbocycles. The van der Waals surface area contributed by atoms with E-state index in [-0.39, 0.29) is 0 Å². The number of fused-ring (bicyclic) bond motifs is 1. The Labute approximate surface area is 163 Å². The molecule has 0 atom stereocenters. The molecule has 3 nitrogen and oxygen atoms in total. The highest BCUT2D eigenvalue weighted by atomic mass is 35.5. The molecule has 134 valence electrons. The van der Waals surface area contributed by atoms with Gasteiger partial charge >= 0.3 is 0 Å². The lowest BCUT2D eigenvalue weighted by Gasteiger charge is -2.14. The topological polar surface area (TPSA) is 48.0 Å². The largest absolute Gasteiger partial charge is 0.366 e. The molecule has 0 spiro atoms. The molecule has 0 aliphatic heterocycles. The third kappa shape index (κ3) is 3.22. The van der Waals surface area contributed by atoms with Crippen LogP contribution in [0.2, 0.25) is 5.02 Å². The second-order valence-corrected chi connectivity index (χ2v) is 7.06. The minimum absolute atomic E-state index is 0.417. The molecule has 0 bridgehead atoms. The third-order valence-electron chi connectivity index (χ3n) is 4.98. The fourth-order valence-corrected chi connectivity index (χ4v) is 3.68. The van der Waals surface area contributed by atoms with Crippen LogP contribution in [0.1, 0.15) is 21.6 Å². The molecule has 0 saturated heterocycles. The van der Waals surface area contributed by atoms with Crippen LogP contribution >= 0.6 is 11.6 Å². The van der Waals surface area contributed by atoms with Crippen molar-refractivity contribution in [3.63, 3.8) is 0 Å². The molecule has 0 radical (unpaired) electrons. The summed E-state index contributed by atoms with van der Waals surface area (Å²) >= 11 is 6.04. The van der Waals surface area contributed by atoms with E-state index in [0.29, 0.717) is 17.1 Å². The van der Waals surface area contributed by atoms with E-state index in [1.165, 1.54) is 16.3 Å². The predicted molar refractivity (Wildman–Crippen MR) is 111 cm³/mol. The molecular weight excluding hydrogens is 356 g/mol. The molecule has 27 heavy (non-hydrogen) atoms. The maximum atomic E-state index is 11.9. The molecule has 4 rings (SSSR count). The van der Waals surface area contributed by atoms with Crippen molar-refractivity contribution in [1.82, 2.24) is 4.57 Å². The van der Waals surface area contributed by atoms with Gasteiger partial charge in [-0.3, -0.25) is 4.79 Å². The van der Waals surface area contributed by atoms with Gasteiger partial charge in [0.1, 0.15) is 0 Å². The van der Waals surface area contributed by atoms with Crippen molar-refractivity contribution in [3.05, 3.63) is 94.6 Å². The molecular formula is C23H19ClN2O. The second kappa shape index (κ2) is 6.93. The molecule has 0 aliphatic carbocycles. The number of carbonyl (C=O) groups is 1. The predicted octanol–water partition coefficient (Wildman–Crippen LogP) is 5.42. The Hall–Kier alpha value is -3.04. The first-order valence-corrected chi connectivity index (χ1v) is 9.15. The van der Waals surface area contributed by atoms with Crippen LogP contribution in [0, 0.1) is 6.92 Å². The summed E-state index contributed by atoms with van der Waals surface area (Å²) in [5.74, 6) is -0.417. The van der Waals surface area contributed by atoms with Crippen molar-refractivity contribution in [1.29, 1.82) is 0 Å². The summed E-state index contributed by atoms with van der Waals surface area (Å²) in [5, 5.41) is 3.08. The normalized spacial score (nSPS) is 11.0. The first kappa shape index (κ1) is 17.4. The molecule has 4 aromatic rings. The van der Waals surface area contributed by atoms with E-state index in [2.05, 4.69) is 34.9 Å². The molecule has 2 N–H and O–H groups in total. The van der Waals surface area contributed by atoms with Gasteiger partial charge in [0.05, 0.1) is 5.56 Å². The maximum absolute atomic E-state index is 11.9. The number of primary amides is 1. The molecule has 0 saturated carbocycles. The van der Waals surface area contributed by atoms with Crippen LogP contribution in [-0.2, 0) is 6.54 Å². The molecule has 1 aromatic heterocycles. The highest BCUT2D eigenvalue weighted by molar-refractivity contribution is 6.30. The molecule has 0 fully saturated rings. The van der Waals surface area contributed by atoms with Crippen LogP contribution in [0.25, 0.3) is 22.0 Å². The summed E-state index contributed by atoms with van der Waals surface area (Å²) in [6, 6.07) is 24.1. The van der Waals surface area contributed by atoms with Gasteiger partial charge in [-0.2, -0.15) is 0 Å². The van der Waals surface area contributed by atoms with Crippen molar-refractivity contribution >= 4 is 28.3 Å². The zero-order valence-corrected chi connectivity index (χ0v) is 15.7. The van der Waals surface area contributed by atoms with E-state index < -0.39 is 5.91 Å². The smallest absolute Gasteiger partial charge is 0.250 e. The highest BCUT2D eigenvalue weighted by Crippen LogP contribution is 2.29. The van der Waals surface area contributed by atoms with Crippen LogP contribution in [0.3, 0.4) is 0 Å². The second-order valence-electron chi connectivity index (χ2n) is 6.62. The Morgan fingerprint density at radius 1 is 1.00 bits per heavy atom. The summed E-state index contributed by atoms with van der Waals surface area (Å²) in [4.78, 5) is 11.9. The minimum Gasteiger partial charge on any atom is -0.366 e. The zero-order chi connectivity index (χ0) is 19.0. The van der Waals surface area contributed by atoms with Gasteiger partial charge in [0.2, 0.25) is 0 Å². The van der Waals surface area contributed by atoms with E-state index in [1.807, 2.05) is 49.4 Å². The Morgan fingerprint density at radius 2 is 1.70 bits per heavy atom. The quantitative estimate of drug-likeness (QED) is 0.509. The Bertz CT molecular complexity index is 1140. The van der Waals surface area contributed by atoms with Gasteiger partial charge < -0.3 is 10.3 Å². The zero-order valence-electron chi connectivity index (χ0n) is 14.9. The van der Waals surface area contributed by atoms with Gasteiger partial charge in [-0.25, -0.2) is 0 Å². The molecule has 1 heterocycles. The molecule has 1 amide bonds. The van der Waals surface area contributed by atoms with Crippen LogP contribution in [-0.4, -0.2) is 10.5 Å². The number of amides is 1. The number of halogens is 1. The lowest BCUT2D eigenvalue weighted by molar-refractivity contribution is 0.0999. The number of aromatic nitrogens is 1. The van der Waals surface area contributed by atoms with Gasteiger partial charge in [-0.15, -0.1) is 0 Å². The van der Waals surface area contributed by atoms with Crippen LogP contribution in [0.4, 0.5) is 0 Å². The maximum Gasteiger partial charge on any atom is 0.250 e. The lowest BCUT2D eigenvalue weighted by atomic mass is 10.0. The molecule has 0 unspecified atom stereocenters. The number of rotatable bonds is 4. The minimum atomic E-state index is -0.417. The van der Waals surface area contributed by atoms with Crippen LogP contribution < -0.4 is 5.73 Å². The first-order chi connectivity index (χ1) is 13.0. The van der Waals surface area contributed by atoms with E-state index in [9.17, 15) is 4.79 Å². The van der Waals surface area contributed by atoms with Gasteiger partial charge in [0.15, 0.2) is 0 Å². The van der Waals surface area contributed by atoms with Gasteiger partial charge in [-0.1, -0.05) is 66.2 Å². The van der Waals surface area contributed by atoms with Gasteiger partial charge in [-0.05, 0) is 47.0 Å². The summed E-state index contributed by atoms with van der Waals surface area (Å²) < 4.78 is 2.14. The van der Waals surface area contributed by atoms with Crippen molar-refractivity contribution in [3.8, 4) is 11.3 Å². The number of nitrogens with two attached hydrogens (primary N) is 1. The third-order valence-corrected chi connectivity index (χ3v) is 5.23. The molecule has 0 aliphatic rings. The summed E-state index contributed by atoms with van der Waals surface area (Å²) in [6.45, 7) is 2.59. The summed E-state index contributed by atoms with van der Waals surface area (Å²) in [6.07, 6.45) is 0. The van der Waals surface area contributed by atoms with E-state index >= 15 is 0 Å². The number of carbonyl (C=O) groups excluding carboxylic acids is 1. The van der Waals surface area contributed by atoms with Crippen molar-refractivity contribution in [2.24, 2.45) is 5.73 Å². The number of benzene rings is 3. The summed E-state index contributed by atoms with van der Waals surface area (Å²) in [5.41, 5.74) is 10.2. The van der Waals surface area contributed by atoms with Crippen LogP contribution in [0.5, 0.6) is 0 Å². The fourth-order valence-electron chi connectivity index (χ4n) is 3.56. The van der Waals surface area contributed by atoms with Crippen molar-refractivity contribution < 1.29 is 4.79 Å². The Balaban J connectivity index is 1.88. The highest BCUT2D eigenvalue weighted by Gasteiger charge is 2.17. The van der Waals surface area contributed by atoms with E-state index in [1.54, 1.807) is 0 Å². The number of nitrogens with zero attached hydrogens (tertiary/aromatic N) is 1. The lowest BCUT2D eigenvalue weighted by Crippen LogP contribution is -2.12. The monoisotopic (exact) mass is 374 g/mol. The summed E-state index contributed by atoms with van der Waals surface area (Å²) in [7, 11) is 0. The number of hydrogen-bond donors (Lipinski definition) is 1. The average Bonchev–Trinajstić information content (AvgIpc) is 2.99. The average molecular weight is 375 g/mol. The Kier molecular flexibility index (Phi) is 4.46. The first-order valence-electron chi connectivity index (χ1n) is 8.77. The SMILES string of the molecule is Cc1c(C(N)=O)cc(-c2ccc(Cl)cc2)n1Cc1cccc2ccccc12. The fraction of sp³-hybridized carbons (Fsp3) is 0.0870. The van der Waals surface area contributed by atoms with E-state index in [0.717, 1.165) is 17.0 Å². The Morgan fingerprint density at radius 3 is 2.44 bits per heavy atom. The van der Waals surface area contributed by atoms with Gasteiger partial charge in [0.25, 0.3) is 5.91 Å². The van der Waals surface area contributed by atoms with Crippen molar-refractivity contribution in [2.75, 3.05) is 0 Å². The van der Waals surface area contributed by atoms with Crippen LogP contribution in [0.15, 0.2) is 72.8 Å².